The summed E-state index contributed by atoms with van der Waals surface area (Å²) < 4.78 is 0. The zero-order valence-corrected chi connectivity index (χ0v) is 11.2. The number of thiocarbonyl (C=S) groups is 1. The Labute approximate surface area is 114 Å². The molecule has 0 bridgehead atoms. The largest absolute Gasteiger partial charge is 0.361 e. The van der Waals surface area contributed by atoms with Crippen molar-refractivity contribution in [2.45, 2.75) is 13.0 Å². The van der Waals surface area contributed by atoms with Crippen LogP contribution in [0.1, 0.15) is 12.0 Å². The van der Waals surface area contributed by atoms with Crippen molar-refractivity contribution in [3.05, 3.63) is 35.9 Å². The Morgan fingerprint density at radius 3 is 2.89 bits per heavy atom. The lowest BCUT2D eigenvalue weighted by molar-refractivity contribution is 0.316. The van der Waals surface area contributed by atoms with E-state index in [0.717, 1.165) is 26.2 Å². The second-order valence-corrected chi connectivity index (χ2v) is 5.14. The zero-order chi connectivity index (χ0) is 12.8. The Hall–Kier alpha value is -1.17. The maximum atomic E-state index is 5.22. The van der Waals surface area contributed by atoms with Crippen molar-refractivity contribution in [1.29, 1.82) is 0 Å². The Balaban J connectivity index is 1.73. The first-order valence-electron chi connectivity index (χ1n) is 6.28. The predicted octanol–water partition coefficient (Wildman–Crippen LogP) is 0.846. The highest BCUT2D eigenvalue weighted by molar-refractivity contribution is 7.80. The molecule has 0 aromatic heterocycles. The molecule has 1 aromatic carbocycles. The monoisotopic (exact) mass is 264 g/mol. The summed E-state index contributed by atoms with van der Waals surface area (Å²) in [6.45, 7) is 4.21. The fourth-order valence-electron chi connectivity index (χ4n) is 2.35. The number of rotatable bonds is 4. The van der Waals surface area contributed by atoms with Gasteiger partial charge in [-0.1, -0.05) is 30.3 Å². The lowest BCUT2D eigenvalue weighted by atomic mass is 10.1. The SMILES string of the molecule is NNC(=S)NCC1CCN(Cc2ccccc2)C1. The van der Waals surface area contributed by atoms with Gasteiger partial charge in [0.25, 0.3) is 0 Å². The minimum atomic E-state index is 0.525. The minimum Gasteiger partial charge on any atom is -0.361 e. The molecule has 4 nitrogen and oxygen atoms in total. The molecular formula is C13H20N4S. The highest BCUT2D eigenvalue weighted by atomic mass is 32.1. The van der Waals surface area contributed by atoms with E-state index < -0.39 is 0 Å². The lowest BCUT2D eigenvalue weighted by Gasteiger charge is -2.16. The molecule has 1 aromatic rings. The number of nitrogens with zero attached hydrogens (tertiary/aromatic N) is 1. The Morgan fingerprint density at radius 2 is 2.17 bits per heavy atom. The number of benzene rings is 1. The third-order valence-electron chi connectivity index (χ3n) is 3.30. The van der Waals surface area contributed by atoms with Crippen LogP contribution in [0.3, 0.4) is 0 Å². The van der Waals surface area contributed by atoms with Crippen molar-refractivity contribution in [3.63, 3.8) is 0 Å². The van der Waals surface area contributed by atoms with E-state index in [9.17, 15) is 0 Å². The van der Waals surface area contributed by atoms with Gasteiger partial charge in [-0.3, -0.25) is 4.90 Å². The van der Waals surface area contributed by atoms with Gasteiger partial charge in [0.1, 0.15) is 0 Å². The van der Waals surface area contributed by atoms with Gasteiger partial charge in [0.15, 0.2) is 5.11 Å². The van der Waals surface area contributed by atoms with Crippen LogP contribution in [0.5, 0.6) is 0 Å². The number of nitrogens with one attached hydrogen (secondary N) is 2. The fourth-order valence-corrected chi connectivity index (χ4v) is 2.44. The van der Waals surface area contributed by atoms with E-state index in [2.05, 4.69) is 46.0 Å². The summed E-state index contributed by atoms with van der Waals surface area (Å²) >= 11 is 4.96. The molecule has 5 heteroatoms. The van der Waals surface area contributed by atoms with Crippen LogP contribution in [0.25, 0.3) is 0 Å². The topological polar surface area (TPSA) is 53.3 Å². The smallest absolute Gasteiger partial charge is 0.180 e. The van der Waals surface area contributed by atoms with Gasteiger partial charge in [0, 0.05) is 19.6 Å². The highest BCUT2D eigenvalue weighted by Gasteiger charge is 2.22. The highest BCUT2D eigenvalue weighted by Crippen LogP contribution is 2.17. The standard InChI is InChI=1S/C13H20N4S/c14-16-13(18)15-8-12-6-7-17(10-12)9-11-4-2-1-3-5-11/h1-5,12H,6-10,14H2,(H2,15,16,18). The van der Waals surface area contributed by atoms with E-state index in [0.29, 0.717) is 11.0 Å². The Morgan fingerprint density at radius 1 is 1.39 bits per heavy atom. The molecule has 1 aliphatic rings. The van der Waals surface area contributed by atoms with E-state index in [1.807, 2.05) is 0 Å². The van der Waals surface area contributed by atoms with Gasteiger partial charge in [-0.2, -0.15) is 0 Å². The molecule has 0 spiro atoms. The van der Waals surface area contributed by atoms with Crippen LogP contribution in [-0.4, -0.2) is 29.6 Å². The first-order valence-corrected chi connectivity index (χ1v) is 6.69. The van der Waals surface area contributed by atoms with Gasteiger partial charge < -0.3 is 10.7 Å². The molecule has 0 radical (unpaired) electrons. The third kappa shape index (κ3) is 3.94. The molecule has 4 N–H and O–H groups in total. The molecule has 1 saturated heterocycles. The fraction of sp³-hybridized carbons (Fsp3) is 0.462. The lowest BCUT2D eigenvalue weighted by Crippen LogP contribution is -2.42. The molecule has 0 aliphatic carbocycles. The summed E-state index contributed by atoms with van der Waals surface area (Å²) in [4.78, 5) is 2.49. The quantitative estimate of drug-likeness (QED) is 0.427. The first-order chi connectivity index (χ1) is 8.78. The van der Waals surface area contributed by atoms with Crippen LogP contribution in [0, 0.1) is 5.92 Å². The summed E-state index contributed by atoms with van der Waals surface area (Å²) in [5.41, 5.74) is 3.83. The third-order valence-corrected chi connectivity index (χ3v) is 3.56. The van der Waals surface area contributed by atoms with Crippen LogP contribution in [0.15, 0.2) is 30.3 Å². The van der Waals surface area contributed by atoms with Crippen molar-refractivity contribution in [2.24, 2.45) is 11.8 Å². The molecule has 1 atom stereocenters. The number of hydrogen-bond donors (Lipinski definition) is 3. The van der Waals surface area contributed by atoms with E-state index in [-0.39, 0.29) is 0 Å². The molecule has 1 unspecified atom stereocenters. The molecule has 1 heterocycles. The van der Waals surface area contributed by atoms with Gasteiger partial charge in [0.05, 0.1) is 0 Å². The van der Waals surface area contributed by atoms with Crippen LogP contribution in [0.2, 0.25) is 0 Å². The van der Waals surface area contributed by atoms with Gasteiger partial charge >= 0.3 is 0 Å². The van der Waals surface area contributed by atoms with E-state index in [4.69, 9.17) is 18.1 Å². The van der Waals surface area contributed by atoms with Gasteiger partial charge in [0.2, 0.25) is 0 Å². The molecule has 98 valence electrons. The van der Waals surface area contributed by atoms with Gasteiger partial charge in [-0.05, 0) is 36.7 Å². The summed E-state index contributed by atoms with van der Waals surface area (Å²) in [6.07, 6.45) is 1.22. The van der Waals surface area contributed by atoms with Crippen molar-refractivity contribution in [1.82, 2.24) is 15.6 Å². The van der Waals surface area contributed by atoms with E-state index in [1.54, 1.807) is 0 Å². The Bertz CT molecular complexity index is 382. The van der Waals surface area contributed by atoms with Crippen LogP contribution in [0.4, 0.5) is 0 Å². The molecular weight excluding hydrogens is 244 g/mol. The zero-order valence-electron chi connectivity index (χ0n) is 10.4. The van der Waals surface area contributed by atoms with Crippen molar-refractivity contribution in [2.75, 3.05) is 19.6 Å². The average Bonchev–Trinajstić information content (AvgIpc) is 2.85. The van der Waals surface area contributed by atoms with Crippen LogP contribution < -0.4 is 16.6 Å². The first kappa shape index (κ1) is 13.3. The van der Waals surface area contributed by atoms with Crippen LogP contribution >= 0.6 is 12.2 Å². The summed E-state index contributed by atoms with van der Waals surface area (Å²) in [5, 5.41) is 3.65. The second kappa shape index (κ2) is 6.68. The second-order valence-electron chi connectivity index (χ2n) is 4.73. The predicted molar refractivity (Wildman–Crippen MR) is 77.7 cm³/mol. The maximum Gasteiger partial charge on any atom is 0.180 e. The van der Waals surface area contributed by atoms with Crippen LogP contribution in [-0.2, 0) is 6.54 Å². The average molecular weight is 264 g/mol. The summed E-state index contributed by atoms with van der Waals surface area (Å²) in [6, 6.07) is 10.6. The molecule has 1 aliphatic heterocycles. The van der Waals surface area contributed by atoms with E-state index >= 15 is 0 Å². The molecule has 0 saturated carbocycles. The van der Waals surface area contributed by atoms with Crippen molar-refractivity contribution < 1.29 is 0 Å². The normalized spacial score (nSPS) is 19.7. The van der Waals surface area contributed by atoms with Crippen molar-refractivity contribution in [3.8, 4) is 0 Å². The molecule has 2 rings (SSSR count). The number of likely N-dealkylation sites (tertiary alicyclic amines) is 1. The molecule has 0 amide bonds. The van der Waals surface area contributed by atoms with Gasteiger partial charge in [-0.15, -0.1) is 0 Å². The Kier molecular flexibility index (Phi) is 4.92. The summed E-state index contributed by atoms with van der Waals surface area (Å²) in [5.74, 6) is 5.87. The minimum absolute atomic E-state index is 0.525. The van der Waals surface area contributed by atoms with Gasteiger partial charge in [-0.25, -0.2) is 5.84 Å². The maximum absolute atomic E-state index is 5.22. The van der Waals surface area contributed by atoms with E-state index in [1.165, 1.54) is 12.0 Å². The number of hydrazine groups is 1. The number of nitrogens with two attached hydrogens (primary N) is 1. The van der Waals surface area contributed by atoms with Crippen molar-refractivity contribution >= 4 is 17.3 Å². The molecule has 1 fully saturated rings. The number of hydrogen-bond acceptors (Lipinski definition) is 3. The molecule has 18 heavy (non-hydrogen) atoms. The summed E-state index contributed by atoms with van der Waals surface area (Å²) in [7, 11) is 0.